The second kappa shape index (κ2) is 8.75. The lowest BCUT2D eigenvalue weighted by atomic mass is 9.98. The van der Waals surface area contributed by atoms with Crippen molar-refractivity contribution in [2.24, 2.45) is 5.92 Å². The summed E-state index contributed by atoms with van der Waals surface area (Å²) in [4.78, 5) is 14.9. The Morgan fingerprint density at radius 2 is 1.82 bits per heavy atom. The normalized spacial score (nSPS) is 17.9. The molecule has 0 saturated carbocycles. The fourth-order valence-corrected chi connectivity index (χ4v) is 5.13. The maximum Gasteiger partial charge on any atom is 0.243 e. The number of carbonyl (C=O) groups is 1. The summed E-state index contributed by atoms with van der Waals surface area (Å²) in [5, 5.41) is 0. The van der Waals surface area contributed by atoms with Gasteiger partial charge in [0.15, 0.2) is 0 Å². The largest absolute Gasteiger partial charge is 0.496 e. The van der Waals surface area contributed by atoms with Gasteiger partial charge in [0, 0.05) is 32.2 Å². The predicted octanol–water partition coefficient (Wildman–Crippen LogP) is 2.75. The van der Waals surface area contributed by atoms with Crippen molar-refractivity contribution in [2.75, 3.05) is 27.2 Å². The van der Waals surface area contributed by atoms with E-state index in [0.717, 1.165) is 11.3 Å². The van der Waals surface area contributed by atoms with E-state index in [-0.39, 0.29) is 23.3 Å². The molecule has 0 unspecified atom stereocenters. The van der Waals surface area contributed by atoms with Crippen LogP contribution in [0.25, 0.3) is 0 Å². The Kier molecular flexibility index (Phi) is 6.36. The Morgan fingerprint density at radius 1 is 1.14 bits per heavy atom. The monoisotopic (exact) mass is 402 g/mol. The number of amides is 1. The molecular formula is C21H26N2O4S. The smallest absolute Gasteiger partial charge is 0.243 e. The van der Waals surface area contributed by atoms with E-state index in [1.54, 1.807) is 49.4 Å². The van der Waals surface area contributed by atoms with Crippen molar-refractivity contribution in [1.29, 1.82) is 0 Å². The number of sulfonamides is 1. The Balaban J connectivity index is 1.70. The summed E-state index contributed by atoms with van der Waals surface area (Å²) in [6, 6.07) is 16.0. The molecule has 0 aromatic heterocycles. The third kappa shape index (κ3) is 4.36. The summed E-state index contributed by atoms with van der Waals surface area (Å²) in [7, 11) is -0.226. The van der Waals surface area contributed by atoms with Gasteiger partial charge in [-0.3, -0.25) is 4.79 Å². The van der Waals surface area contributed by atoms with Gasteiger partial charge < -0.3 is 9.64 Å². The number of nitrogens with zero attached hydrogens (tertiary/aromatic N) is 2. The third-order valence-electron chi connectivity index (χ3n) is 5.09. The summed E-state index contributed by atoms with van der Waals surface area (Å²) < 4.78 is 32.6. The molecule has 7 heteroatoms. The molecule has 6 nitrogen and oxygen atoms in total. The average molecular weight is 403 g/mol. The SMILES string of the molecule is COc1ccccc1CN(C)C(=O)[C@@H]1CCCN(S(=O)(=O)c2ccccc2)C1. The van der Waals surface area contributed by atoms with Crippen molar-refractivity contribution >= 4 is 15.9 Å². The molecule has 1 aliphatic rings. The maximum atomic E-state index is 13.0. The number of ether oxygens (including phenoxy) is 1. The third-order valence-corrected chi connectivity index (χ3v) is 6.97. The highest BCUT2D eigenvalue weighted by molar-refractivity contribution is 7.89. The number of carbonyl (C=O) groups excluding carboxylic acids is 1. The number of piperidine rings is 1. The van der Waals surface area contributed by atoms with Gasteiger partial charge in [-0.25, -0.2) is 8.42 Å². The van der Waals surface area contributed by atoms with Crippen LogP contribution in [0.2, 0.25) is 0 Å². The van der Waals surface area contributed by atoms with Crippen LogP contribution in [-0.4, -0.2) is 50.8 Å². The zero-order valence-electron chi connectivity index (χ0n) is 16.2. The van der Waals surface area contributed by atoms with Crippen molar-refractivity contribution in [3.05, 3.63) is 60.2 Å². The van der Waals surface area contributed by atoms with E-state index in [2.05, 4.69) is 0 Å². The Bertz CT molecular complexity index is 915. The second-order valence-electron chi connectivity index (χ2n) is 7.02. The standard InChI is InChI=1S/C21H26N2O4S/c1-22(15-17-9-6-7-13-20(17)27-2)21(24)18-10-8-14-23(16-18)28(25,26)19-11-4-3-5-12-19/h3-7,9,11-13,18H,8,10,14-16H2,1-2H3/t18-/m1/s1. The molecule has 0 N–H and O–H groups in total. The van der Waals surface area contributed by atoms with Crippen LogP contribution in [0, 0.1) is 5.92 Å². The number of para-hydroxylation sites is 1. The maximum absolute atomic E-state index is 13.0. The van der Waals surface area contributed by atoms with Crippen molar-refractivity contribution in [3.63, 3.8) is 0 Å². The minimum atomic E-state index is -3.58. The second-order valence-corrected chi connectivity index (χ2v) is 8.96. The lowest BCUT2D eigenvalue weighted by molar-refractivity contribution is -0.135. The molecule has 2 aromatic rings. The van der Waals surface area contributed by atoms with Crippen molar-refractivity contribution < 1.29 is 17.9 Å². The lowest BCUT2D eigenvalue weighted by Crippen LogP contribution is -2.45. The van der Waals surface area contributed by atoms with Crippen LogP contribution in [0.5, 0.6) is 5.75 Å². The fraction of sp³-hybridized carbons (Fsp3) is 0.381. The number of rotatable bonds is 6. The molecule has 1 saturated heterocycles. The molecule has 28 heavy (non-hydrogen) atoms. The molecule has 1 amide bonds. The Hall–Kier alpha value is -2.38. The van der Waals surface area contributed by atoms with E-state index in [1.807, 2.05) is 24.3 Å². The van der Waals surface area contributed by atoms with Crippen LogP contribution >= 0.6 is 0 Å². The first kappa shape index (κ1) is 20.4. The van der Waals surface area contributed by atoms with E-state index in [9.17, 15) is 13.2 Å². The van der Waals surface area contributed by atoms with E-state index in [1.165, 1.54) is 4.31 Å². The average Bonchev–Trinajstić information content (AvgIpc) is 2.74. The molecule has 1 fully saturated rings. The van der Waals surface area contributed by atoms with E-state index in [4.69, 9.17) is 4.74 Å². The zero-order chi connectivity index (χ0) is 20.1. The van der Waals surface area contributed by atoms with Crippen LogP contribution in [0.15, 0.2) is 59.5 Å². The van der Waals surface area contributed by atoms with Crippen LogP contribution in [0.3, 0.4) is 0 Å². The molecule has 0 aliphatic carbocycles. The molecule has 0 bridgehead atoms. The molecule has 3 rings (SSSR count). The summed E-state index contributed by atoms with van der Waals surface area (Å²) in [6.45, 7) is 1.08. The van der Waals surface area contributed by atoms with Crippen LogP contribution < -0.4 is 4.74 Å². The molecule has 2 aromatic carbocycles. The highest BCUT2D eigenvalue weighted by atomic mass is 32.2. The van der Waals surface area contributed by atoms with Crippen LogP contribution in [-0.2, 0) is 21.4 Å². The molecule has 0 spiro atoms. The Labute approximate surface area is 166 Å². The first-order valence-electron chi connectivity index (χ1n) is 9.35. The molecule has 150 valence electrons. The first-order chi connectivity index (χ1) is 13.4. The number of hydrogen-bond acceptors (Lipinski definition) is 4. The van der Waals surface area contributed by atoms with Crippen LogP contribution in [0.4, 0.5) is 0 Å². The number of benzene rings is 2. The van der Waals surface area contributed by atoms with E-state index >= 15 is 0 Å². The van der Waals surface area contributed by atoms with Gasteiger partial charge in [0.1, 0.15) is 5.75 Å². The van der Waals surface area contributed by atoms with Gasteiger partial charge in [-0.15, -0.1) is 0 Å². The minimum absolute atomic E-state index is 0.0427. The minimum Gasteiger partial charge on any atom is -0.496 e. The predicted molar refractivity (Wildman–Crippen MR) is 107 cm³/mol. The van der Waals surface area contributed by atoms with E-state index in [0.29, 0.717) is 25.9 Å². The highest BCUT2D eigenvalue weighted by Crippen LogP contribution is 2.26. The highest BCUT2D eigenvalue weighted by Gasteiger charge is 2.34. The summed E-state index contributed by atoms with van der Waals surface area (Å²) in [5.41, 5.74) is 0.922. The van der Waals surface area contributed by atoms with Gasteiger partial charge in [-0.2, -0.15) is 4.31 Å². The summed E-state index contributed by atoms with van der Waals surface area (Å²) in [5.74, 6) is 0.352. The summed E-state index contributed by atoms with van der Waals surface area (Å²) in [6.07, 6.45) is 1.36. The summed E-state index contributed by atoms with van der Waals surface area (Å²) >= 11 is 0. The van der Waals surface area contributed by atoms with Gasteiger partial charge in [0.2, 0.25) is 15.9 Å². The van der Waals surface area contributed by atoms with Crippen molar-refractivity contribution in [3.8, 4) is 5.75 Å². The number of methoxy groups -OCH3 is 1. The van der Waals surface area contributed by atoms with Crippen molar-refractivity contribution in [1.82, 2.24) is 9.21 Å². The van der Waals surface area contributed by atoms with Gasteiger partial charge in [-0.1, -0.05) is 36.4 Å². The molecule has 1 heterocycles. The lowest BCUT2D eigenvalue weighted by Gasteiger charge is -2.33. The molecule has 1 aliphatic heterocycles. The van der Waals surface area contributed by atoms with E-state index < -0.39 is 10.0 Å². The topological polar surface area (TPSA) is 66.9 Å². The Morgan fingerprint density at radius 3 is 2.54 bits per heavy atom. The van der Waals surface area contributed by atoms with Gasteiger partial charge >= 0.3 is 0 Å². The number of hydrogen-bond donors (Lipinski definition) is 0. The van der Waals surface area contributed by atoms with Crippen LogP contribution in [0.1, 0.15) is 18.4 Å². The fourth-order valence-electron chi connectivity index (χ4n) is 3.58. The zero-order valence-corrected chi connectivity index (χ0v) is 17.1. The van der Waals surface area contributed by atoms with Gasteiger partial charge in [0.05, 0.1) is 17.9 Å². The molecule has 0 radical (unpaired) electrons. The molecular weight excluding hydrogens is 376 g/mol. The van der Waals surface area contributed by atoms with Crippen molar-refractivity contribution in [2.45, 2.75) is 24.3 Å². The quantitative estimate of drug-likeness (QED) is 0.745. The first-order valence-corrected chi connectivity index (χ1v) is 10.8. The molecule has 1 atom stereocenters. The van der Waals surface area contributed by atoms with Gasteiger partial charge in [-0.05, 0) is 31.0 Å². The van der Waals surface area contributed by atoms with Gasteiger partial charge in [0.25, 0.3) is 0 Å².